The summed E-state index contributed by atoms with van der Waals surface area (Å²) in [6.07, 6.45) is 12.6. The quantitative estimate of drug-likeness (QED) is 0.579. The molecule has 0 nitrogen and oxygen atoms in total. The molecule has 0 heterocycles. The van der Waals surface area contributed by atoms with Gasteiger partial charge in [-0.15, -0.1) is 0 Å². The number of allylic oxidation sites excluding steroid dienone is 8. The van der Waals surface area contributed by atoms with Gasteiger partial charge in [0.25, 0.3) is 0 Å². The van der Waals surface area contributed by atoms with Crippen LogP contribution in [0.25, 0.3) is 16.3 Å². The van der Waals surface area contributed by atoms with E-state index in [1.165, 1.54) is 44.2 Å². The van der Waals surface area contributed by atoms with Crippen LogP contribution in [0.15, 0.2) is 71.9 Å². The molecule has 0 fully saturated rings. The molecule has 2 aromatic carbocycles. The minimum atomic E-state index is 0.493. The van der Waals surface area contributed by atoms with Gasteiger partial charge < -0.3 is 0 Å². The van der Waals surface area contributed by atoms with E-state index < -0.39 is 0 Å². The van der Waals surface area contributed by atoms with Crippen molar-refractivity contribution in [2.75, 3.05) is 0 Å². The summed E-state index contributed by atoms with van der Waals surface area (Å²) in [6.45, 7) is 6.71. The smallest absolute Gasteiger partial charge is 0.0130 e. The van der Waals surface area contributed by atoms with Gasteiger partial charge in [0, 0.05) is 5.92 Å². The van der Waals surface area contributed by atoms with Crippen LogP contribution in [0, 0.1) is 19.8 Å². The Morgan fingerprint density at radius 1 is 1.00 bits per heavy atom. The maximum absolute atomic E-state index is 2.40. The normalized spacial score (nSPS) is 20.0. The van der Waals surface area contributed by atoms with Gasteiger partial charge >= 0.3 is 0 Å². The second-order valence-corrected chi connectivity index (χ2v) is 6.79. The summed E-state index contributed by atoms with van der Waals surface area (Å²) >= 11 is 0. The Morgan fingerprint density at radius 3 is 2.70 bits per heavy atom. The fraction of sp³-hybridized carbons (Fsp3) is 0.217. The molecule has 0 radical (unpaired) electrons. The van der Waals surface area contributed by atoms with E-state index in [2.05, 4.69) is 81.5 Å². The van der Waals surface area contributed by atoms with Gasteiger partial charge in [-0.05, 0) is 65.8 Å². The first-order valence-electron chi connectivity index (χ1n) is 8.41. The van der Waals surface area contributed by atoms with Gasteiger partial charge in [0.05, 0.1) is 0 Å². The highest BCUT2D eigenvalue weighted by molar-refractivity contribution is 5.98. The molecule has 0 heteroatoms. The van der Waals surface area contributed by atoms with Crippen molar-refractivity contribution in [2.45, 2.75) is 27.2 Å². The highest BCUT2D eigenvalue weighted by Crippen LogP contribution is 2.43. The van der Waals surface area contributed by atoms with Crippen molar-refractivity contribution in [3.63, 3.8) is 0 Å². The Balaban J connectivity index is 2.02. The summed E-state index contributed by atoms with van der Waals surface area (Å²) < 4.78 is 0. The van der Waals surface area contributed by atoms with Crippen LogP contribution in [-0.4, -0.2) is 0 Å². The Labute approximate surface area is 138 Å². The lowest BCUT2D eigenvalue weighted by Gasteiger charge is -2.29. The summed E-state index contributed by atoms with van der Waals surface area (Å²) in [5.74, 6) is 0.493. The number of hydrogen-bond donors (Lipinski definition) is 0. The van der Waals surface area contributed by atoms with Crippen molar-refractivity contribution < 1.29 is 0 Å². The Morgan fingerprint density at radius 2 is 1.83 bits per heavy atom. The Kier molecular flexibility index (Phi) is 3.34. The summed E-state index contributed by atoms with van der Waals surface area (Å²) in [7, 11) is 0. The van der Waals surface area contributed by atoms with Gasteiger partial charge in [0.15, 0.2) is 0 Å². The Hall–Kier alpha value is -2.34. The van der Waals surface area contributed by atoms with Crippen LogP contribution >= 0.6 is 0 Å². The van der Waals surface area contributed by atoms with Crippen LogP contribution in [0.1, 0.15) is 30.0 Å². The molecule has 0 saturated carbocycles. The van der Waals surface area contributed by atoms with Gasteiger partial charge in [-0.1, -0.05) is 66.3 Å². The molecule has 0 bridgehead atoms. The molecule has 0 spiro atoms. The van der Waals surface area contributed by atoms with Crippen molar-refractivity contribution in [3.05, 3.63) is 88.5 Å². The Bertz CT molecular complexity index is 916. The average Bonchev–Trinajstić information content (AvgIpc) is 2.55. The molecular weight excluding hydrogens is 276 g/mol. The zero-order valence-corrected chi connectivity index (χ0v) is 14.1. The second kappa shape index (κ2) is 5.38. The van der Waals surface area contributed by atoms with E-state index in [9.17, 15) is 0 Å². The first kappa shape index (κ1) is 14.3. The van der Waals surface area contributed by atoms with Crippen molar-refractivity contribution >= 4 is 16.3 Å². The monoisotopic (exact) mass is 298 g/mol. The highest BCUT2D eigenvalue weighted by Gasteiger charge is 2.25. The molecule has 2 aliphatic rings. The third kappa shape index (κ3) is 2.30. The van der Waals surface area contributed by atoms with Gasteiger partial charge in [-0.3, -0.25) is 0 Å². The summed E-state index contributed by atoms with van der Waals surface area (Å²) in [4.78, 5) is 0. The largest absolute Gasteiger partial charge is 0.0836 e. The standard InChI is InChI=1S/C23H22/c1-15-12-18-8-4-6-10-20(18)22(13-15)23-17(3)16(2)14-19-9-5-7-11-21(19)23/h4-9,11-14,20H,10H2,1-3H3. The molecule has 1 atom stereocenters. The highest BCUT2D eigenvalue weighted by atomic mass is 14.3. The lowest BCUT2D eigenvalue weighted by atomic mass is 9.75. The summed E-state index contributed by atoms with van der Waals surface area (Å²) in [6, 6.07) is 11.1. The minimum absolute atomic E-state index is 0.493. The van der Waals surface area contributed by atoms with E-state index in [4.69, 9.17) is 0 Å². The van der Waals surface area contributed by atoms with Gasteiger partial charge in [0.2, 0.25) is 0 Å². The first-order chi connectivity index (χ1) is 11.1. The molecule has 23 heavy (non-hydrogen) atoms. The fourth-order valence-corrected chi connectivity index (χ4v) is 3.96. The summed E-state index contributed by atoms with van der Waals surface area (Å²) in [5, 5.41) is 2.72. The van der Waals surface area contributed by atoms with E-state index in [-0.39, 0.29) is 0 Å². The van der Waals surface area contributed by atoms with Crippen molar-refractivity contribution in [2.24, 2.45) is 5.92 Å². The first-order valence-corrected chi connectivity index (χ1v) is 8.41. The number of hydrogen-bond acceptors (Lipinski definition) is 0. The van der Waals surface area contributed by atoms with Crippen LogP contribution in [0.2, 0.25) is 0 Å². The zero-order chi connectivity index (χ0) is 16.0. The molecule has 4 rings (SSSR count). The van der Waals surface area contributed by atoms with E-state index in [1.54, 1.807) is 0 Å². The van der Waals surface area contributed by atoms with Crippen LogP contribution in [-0.2, 0) is 0 Å². The average molecular weight is 298 g/mol. The molecule has 0 amide bonds. The molecule has 2 aromatic rings. The topological polar surface area (TPSA) is 0 Å². The number of rotatable bonds is 1. The minimum Gasteiger partial charge on any atom is -0.0836 e. The van der Waals surface area contributed by atoms with E-state index in [0.29, 0.717) is 5.92 Å². The molecule has 1 unspecified atom stereocenters. The van der Waals surface area contributed by atoms with Crippen molar-refractivity contribution in [3.8, 4) is 0 Å². The fourth-order valence-electron chi connectivity index (χ4n) is 3.96. The second-order valence-electron chi connectivity index (χ2n) is 6.79. The van der Waals surface area contributed by atoms with Crippen LogP contribution in [0.4, 0.5) is 0 Å². The van der Waals surface area contributed by atoms with Gasteiger partial charge in [0.1, 0.15) is 0 Å². The molecule has 0 saturated heterocycles. The lowest BCUT2D eigenvalue weighted by molar-refractivity contribution is 0.797. The van der Waals surface area contributed by atoms with E-state index >= 15 is 0 Å². The SMILES string of the molecule is CC1=CC2=CC=CCC2C(c2c(C)c(C)cc3ccccc23)=C1. The molecule has 0 aromatic heterocycles. The van der Waals surface area contributed by atoms with Crippen LogP contribution < -0.4 is 0 Å². The number of benzene rings is 2. The predicted octanol–water partition coefficient (Wildman–Crippen LogP) is 6.30. The zero-order valence-electron chi connectivity index (χ0n) is 14.1. The molecule has 114 valence electrons. The predicted molar refractivity (Wildman–Crippen MR) is 100 cm³/mol. The molecular formula is C23H22. The van der Waals surface area contributed by atoms with Crippen LogP contribution in [0.3, 0.4) is 0 Å². The number of aryl methyl sites for hydroxylation is 1. The van der Waals surface area contributed by atoms with Crippen molar-refractivity contribution in [1.82, 2.24) is 0 Å². The third-order valence-corrected chi connectivity index (χ3v) is 5.21. The maximum Gasteiger partial charge on any atom is 0.0130 e. The molecule has 2 aliphatic carbocycles. The van der Waals surface area contributed by atoms with Gasteiger partial charge in [-0.2, -0.15) is 0 Å². The lowest BCUT2D eigenvalue weighted by Crippen LogP contribution is -2.12. The van der Waals surface area contributed by atoms with Crippen LogP contribution in [0.5, 0.6) is 0 Å². The molecule has 0 aliphatic heterocycles. The van der Waals surface area contributed by atoms with E-state index in [1.807, 2.05) is 0 Å². The third-order valence-electron chi connectivity index (χ3n) is 5.21. The summed E-state index contributed by atoms with van der Waals surface area (Å²) in [5.41, 5.74) is 8.52. The van der Waals surface area contributed by atoms with Crippen molar-refractivity contribution in [1.29, 1.82) is 0 Å². The maximum atomic E-state index is 2.40. The number of fused-ring (bicyclic) bond motifs is 2. The van der Waals surface area contributed by atoms with Gasteiger partial charge in [-0.25, -0.2) is 0 Å². The molecule has 0 N–H and O–H groups in total. The van der Waals surface area contributed by atoms with E-state index in [0.717, 1.165) is 6.42 Å².